The van der Waals surface area contributed by atoms with Gasteiger partial charge in [-0.1, -0.05) is 12.1 Å². The van der Waals surface area contributed by atoms with Crippen molar-refractivity contribution in [2.24, 2.45) is 0 Å². The number of hydrogen-bond donors (Lipinski definition) is 1. The molecular formula is C18H18O4. The summed E-state index contributed by atoms with van der Waals surface area (Å²) >= 11 is 0. The van der Waals surface area contributed by atoms with Crippen molar-refractivity contribution in [1.82, 2.24) is 0 Å². The highest BCUT2D eigenvalue weighted by Gasteiger charge is 2.35. The Kier molecular flexibility index (Phi) is 3.67. The van der Waals surface area contributed by atoms with Gasteiger partial charge in [-0.05, 0) is 18.2 Å². The zero-order valence-electron chi connectivity index (χ0n) is 12.6. The van der Waals surface area contributed by atoms with Crippen LogP contribution in [0, 0.1) is 0 Å². The smallest absolute Gasteiger partial charge is 0.138 e. The van der Waals surface area contributed by atoms with Crippen LogP contribution in [-0.4, -0.2) is 19.3 Å². The van der Waals surface area contributed by atoms with Gasteiger partial charge in [0.25, 0.3) is 0 Å². The summed E-state index contributed by atoms with van der Waals surface area (Å²) in [5.41, 5.74) is 1.75. The van der Waals surface area contributed by atoms with Gasteiger partial charge in [0.2, 0.25) is 0 Å². The average Bonchev–Trinajstić information content (AvgIpc) is 2.91. The quantitative estimate of drug-likeness (QED) is 0.872. The van der Waals surface area contributed by atoms with Gasteiger partial charge < -0.3 is 19.3 Å². The molecule has 22 heavy (non-hydrogen) atoms. The lowest BCUT2D eigenvalue weighted by molar-refractivity contribution is 0.219. The first-order chi connectivity index (χ1) is 10.7. The fourth-order valence-corrected chi connectivity index (χ4v) is 2.79. The van der Waals surface area contributed by atoms with Crippen LogP contribution in [0.25, 0.3) is 0 Å². The second-order valence-electron chi connectivity index (χ2n) is 5.13. The molecule has 3 rings (SSSR count). The molecule has 1 N–H and O–H groups in total. The van der Waals surface area contributed by atoms with E-state index < -0.39 is 0 Å². The minimum atomic E-state index is -0.314. The highest BCUT2D eigenvalue weighted by Crippen LogP contribution is 2.49. The van der Waals surface area contributed by atoms with Gasteiger partial charge in [-0.25, -0.2) is 0 Å². The van der Waals surface area contributed by atoms with Gasteiger partial charge >= 0.3 is 0 Å². The fourth-order valence-electron chi connectivity index (χ4n) is 2.79. The summed E-state index contributed by atoms with van der Waals surface area (Å²) in [6.07, 6.45) is 1.53. The Bertz CT molecular complexity index is 708. The Labute approximate surface area is 129 Å². The number of fused-ring (bicyclic) bond motifs is 1. The molecule has 0 bridgehead atoms. The summed E-state index contributed by atoms with van der Waals surface area (Å²) in [5, 5.41) is 10.3. The monoisotopic (exact) mass is 298 g/mol. The minimum absolute atomic E-state index is 0.0276. The number of ether oxygens (including phenoxy) is 3. The molecule has 0 amide bonds. The van der Waals surface area contributed by atoms with Crippen LogP contribution in [0.15, 0.2) is 49.1 Å². The van der Waals surface area contributed by atoms with Gasteiger partial charge in [-0.2, -0.15) is 0 Å². The molecule has 1 heterocycles. The third-order valence-corrected chi connectivity index (χ3v) is 3.96. The van der Waals surface area contributed by atoms with Gasteiger partial charge in [0.15, 0.2) is 0 Å². The summed E-state index contributed by atoms with van der Waals surface area (Å²) in [7, 11) is 3.18. The number of rotatable bonds is 4. The molecule has 0 fully saturated rings. The second-order valence-corrected chi connectivity index (χ2v) is 5.13. The van der Waals surface area contributed by atoms with Crippen molar-refractivity contribution in [1.29, 1.82) is 0 Å². The number of benzene rings is 2. The average molecular weight is 298 g/mol. The van der Waals surface area contributed by atoms with E-state index in [2.05, 4.69) is 6.58 Å². The molecule has 2 atom stereocenters. The molecule has 0 aromatic heterocycles. The van der Waals surface area contributed by atoms with E-state index in [4.69, 9.17) is 14.2 Å². The highest BCUT2D eigenvalue weighted by molar-refractivity contribution is 5.52. The molecular weight excluding hydrogens is 280 g/mol. The maximum atomic E-state index is 10.3. The third-order valence-electron chi connectivity index (χ3n) is 3.96. The molecule has 0 radical (unpaired) electrons. The summed E-state index contributed by atoms with van der Waals surface area (Å²) in [6, 6.07) is 10.9. The van der Waals surface area contributed by atoms with Crippen molar-refractivity contribution in [2.45, 2.75) is 12.0 Å². The van der Waals surface area contributed by atoms with E-state index in [1.807, 2.05) is 36.4 Å². The van der Waals surface area contributed by atoms with Crippen LogP contribution >= 0.6 is 0 Å². The van der Waals surface area contributed by atoms with Crippen molar-refractivity contribution in [3.63, 3.8) is 0 Å². The molecule has 4 heteroatoms. The molecule has 2 aromatic carbocycles. The van der Waals surface area contributed by atoms with E-state index >= 15 is 0 Å². The topological polar surface area (TPSA) is 47.9 Å². The number of aromatic hydroxyl groups is 1. The molecule has 0 aliphatic carbocycles. The molecule has 0 saturated carbocycles. The van der Waals surface area contributed by atoms with Crippen LogP contribution in [0.5, 0.6) is 23.0 Å². The number of phenolic OH excluding ortho intramolecular Hbond substituents is 1. The SMILES string of the molecule is C=C[C@H]1c2ccc(OC)cc2O[C@@H]1c1ccc(OC)cc1O. The molecule has 114 valence electrons. The highest BCUT2D eigenvalue weighted by atomic mass is 16.5. The van der Waals surface area contributed by atoms with Crippen LogP contribution in [0.3, 0.4) is 0 Å². The van der Waals surface area contributed by atoms with E-state index in [9.17, 15) is 5.11 Å². The van der Waals surface area contributed by atoms with Gasteiger partial charge in [0.05, 0.1) is 14.2 Å². The lowest BCUT2D eigenvalue weighted by Crippen LogP contribution is -2.08. The Morgan fingerprint density at radius 2 is 1.68 bits per heavy atom. The summed E-state index contributed by atoms with van der Waals surface area (Å²) in [5.74, 6) is 2.22. The van der Waals surface area contributed by atoms with E-state index in [1.165, 1.54) is 0 Å². The third kappa shape index (κ3) is 2.26. The lowest BCUT2D eigenvalue weighted by atomic mass is 9.91. The molecule has 0 saturated heterocycles. The maximum absolute atomic E-state index is 10.3. The maximum Gasteiger partial charge on any atom is 0.138 e. The van der Waals surface area contributed by atoms with Crippen LogP contribution in [0.4, 0.5) is 0 Å². The summed E-state index contributed by atoms with van der Waals surface area (Å²) in [4.78, 5) is 0. The number of methoxy groups -OCH3 is 2. The second kappa shape index (κ2) is 5.64. The predicted octanol–water partition coefficient (Wildman–Crippen LogP) is 3.81. The fraction of sp³-hybridized carbons (Fsp3) is 0.222. The van der Waals surface area contributed by atoms with E-state index in [-0.39, 0.29) is 17.8 Å². The van der Waals surface area contributed by atoms with Gasteiger partial charge in [-0.15, -0.1) is 6.58 Å². The zero-order valence-corrected chi connectivity index (χ0v) is 12.6. The van der Waals surface area contributed by atoms with Gasteiger partial charge in [0, 0.05) is 29.2 Å². The predicted molar refractivity (Wildman–Crippen MR) is 84.0 cm³/mol. The summed E-state index contributed by atoms with van der Waals surface area (Å²) in [6.45, 7) is 3.91. The Hall–Kier alpha value is -2.62. The standard InChI is InChI=1S/C18H18O4/c1-4-13-14-7-5-12(21-3)10-17(14)22-18(13)15-8-6-11(20-2)9-16(15)19/h4-10,13,18-19H,1H2,2-3H3/t13-,18-/m0/s1. The largest absolute Gasteiger partial charge is 0.507 e. The van der Waals surface area contributed by atoms with Crippen LogP contribution < -0.4 is 14.2 Å². The Morgan fingerprint density at radius 3 is 2.27 bits per heavy atom. The first-order valence-corrected chi connectivity index (χ1v) is 7.02. The first kappa shape index (κ1) is 14.3. The Balaban J connectivity index is 2.00. The van der Waals surface area contributed by atoms with Crippen molar-refractivity contribution in [2.75, 3.05) is 14.2 Å². The molecule has 1 aliphatic heterocycles. The van der Waals surface area contributed by atoms with Gasteiger partial charge in [-0.3, -0.25) is 0 Å². The van der Waals surface area contributed by atoms with Crippen molar-refractivity contribution >= 4 is 0 Å². The van der Waals surface area contributed by atoms with Crippen LogP contribution in [-0.2, 0) is 0 Å². The first-order valence-electron chi connectivity index (χ1n) is 7.02. The van der Waals surface area contributed by atoms with E-state index in [0.29, 0.717) is 11.3 Å². The van der Waals surface area contributed by atoms with Crippen molar-refractivity contribution < 1.29 is 19.3 Å². The Morgan fingerprint density at radius 1 is 1.05 bits per heavy atom. The summed E-state index contributed by atoms with van der Waals surface area (Å²) < 4.78 is 16.4. The molecule has 1 aliphatic rings. The van der Waals surface area contributed by atoms with Crippen LogP contribution in [0.2, 0.25) is 0 Å². The number of hydrogen-bond acceptors (Lipinski definition) is 4. The normalized spacial score (nSPS) is 19.2. The van der Waals surface area contributed by atoms with Gasteiger partial charge in [0.1, 0.15) is 29.1 Å². The minimum Gasteiger partial charge on any atom is -0.507 e. The molecule has 2 aromatic rings. The van der Waals surface area contributed by atoms with Crippen molar-refractivity contribution in [3.05, 3.63) is 60.2 Å². The van der Waals surface area contributed by atoms with Crippen LogP contribution in [0.1, 0.15) is 23.1 Å². The molecule has 0 unspecified atom stereocenters. The molecule has 0 spiro atoms. The van der Waals surface area contributed by atoms with E-state index in [0.717, 1.165) is 17.1 Å². The number of phenols is 1. The lowest BCUT2D eigenvalue weighted by Gasteiger charge is -2.18. The van der Waals surface area contributed by atoms with Crippen molar-refractivity contribution in [3.8, 4) is 23.0 Å². The van der Waals surface area contributed by atoms with E-state index in [1.54, 1.807) is 20.3 Å². The molecule has 4 nitrogen and oxygen atoms in total. The zero-order chi connectivity index (χ0) is 15.7.